The highest BCUT2D eigenvalue weighted by Crippen LogP contribution is 2.31. The lowest BCUT2D eigenvalue weighted by molar-refractivity contribution is 0.0691. The Balaban J connectivity index is 1.88. The number of carboxylic acid groups (broad SMARTS) is 1. The Hall–Kier alpha value is -2.96. The predicted octanol–water partition coefficient (Wildman–Crippen LogP) is 3.84. The van der Waals surface area contributed by atoms with Gasteiger partial charge in [0.25, 0.3) is 0 Å². The molecule has 0 saturated carbocycles. The van der Waals surface area contributed by atoms with Crippen LogP contribution in [0.2, 0.25) is 0 Å². The summed E-state index contributed by atoms with van der Waals surface area (Å²) in [4.78, 5) is 25.6. The number of nitrogens with zero attached hydrogens (tertiary/aromatic N) is 3. The second-order valence-electron chi connectivity index (χ2n) is 6.53. The van der Waals surface area contributed by atoms with Crippen LogP contribution in [0, 0.1) is 5.82 Å². The minimum atomic E-state index is -1.05. The first-order chi connectivity index (χ1) is 12.6. The van der Waals surface area contributed by atoms with E-state index in [2.05, 4.69) is 14.9 Å². The molecule has 2 aromatic heterocycles. The Labute approximate surface area is 149 Å². The molecule has 4 rings (SSSR count). The van der Waals surface area contributed by atoms with E-state index in [4.69, 9.17) is 4.98 Å². The van der Waals surface area contributed by atoms with E-state index in [0.29, 0.717) is 22.7 Å². The Morgan fingerprint density at radius 1 is 1.08 bits per heavy atom. The van der Waals surface area contributed by atoms with Gasteiger partial charge in [0, 0.05) is 18.7 Å². The monoisotopic (exact) mass is 354 g/mol. The van der Waals surface area contributed by atoms with Gasteiger partial charge in [-0.05, 0) is 43.2 Å². The van der Waals surface area contributed by atoms with Gasteiger partial charge in [0.05, 0.1) is 0 Å². The topological polar surface area (TPSA) is 82.1 Å². The highest BCUT2D eigenvalue weighted by molar-refractivity contribution is 5.92. The van der Waals surface area contributed by atoms with Crippen molar-refractivity contribution in [1.82, 2.24) is 15.0 Å². The minimum Gasteiger partial charge on any atom is -0.477 e. The van der Waals surface area contributed by atoms with Gasteiger partial charge >= 0.3 is 5.97 Å². The van der Waals surface area contributed by atoms with E-state index in [0.717, 1.165) is 31.5 Å². The van der Waals surface area contributed by atoms with Gasteiger partial charge < -0.3 is 15.0 Å². The normalized spacial score (nSPS) is 15.2. The molecule has 2 N–H and O–H groups in total. The van der Waals surface area contributed by atoms with Crippen molar-refractivity contribution in [2.24, 2.45) is 0 Å². The maximum atomic E-state index is 13.3. The summed E-state index contributed by atoms with van der Waals surface area (Å²) in [6, 6.07) is 7.62. The van der Waals surface area contributed by atoms with Crippen LogP contribution in [0.4, 0.5) is 10.2 Å². The Kier molecular flexibility index (Phi) is 4.28. The van der Waals surface area contributed by atoms with Gasteiger partial charge in [-0.3, -0.25) is 0 Å². The fraction of sp³-hybridized carbons (Fsp3) is 0.316. The fourth-order valence-electron chi connectivity index (χ4n) is 3.35. The van der Waals surface area contributed by atoms with Crippen molar-refractivity contribution in [2.75, 3.05) is 18.0 Å². The molecule has 1 aliphatic heterocycles. The number of hydrogen-bond acceptors (Lipinski definition) is 4. The number of rotatable bonds is 3. The number of aromatic nitrogens is 3. The molecule has 0 unspecified atom stereocenters. The number of carbonyl (C=O) groups is 1. The molecule has 0 radical (unpaired) electrons. The van der Waals surface area contributed by atoms with Crippen LogP contribution in [0.15, 0.2) is 30.3 Å². The van der Waals surface area contributed by atoms with E-state index in [1.54, 1.807) is 12.1 Å². The zero-order chi connectivity index (χ0) is 18.1. The van der Waals surface area contributed by atoms with Crippen molar-refractivity contribution >= 4 is 23.0 Å². The molecule has 1 fully saturated rings. The lowest BCUT2D eigenvalue weighted by Gasteiger charge is -2.23. The van der Waals surface area contributed by atoms with Crippen LogP contribution in [0.3, 0.4) is 0 Å². The molecule has 1 aliphatic rings. The van der Waals surface area contributed by atoms with Crippen LogP contribution in [-0.4, -0.2) is 39.1 Å². The summed E-state index contributed by atoms with van der Waals surface area (Å²) < 4.78 is 13.3. The number of aromatic amines is 1. The maximum absolute atomic E-state index is 13.3. The van der Waals surface area contributed by atoms with Gasteiger partial charge in [-0.25, -0.2) is 19.2 Å². The quantitative estimate of drug-likeness (QED) is 0.747. The number of benzene rings is 1. The fourth-order valence-corrected chi connectivity index (χ4v) is 3.35. The highest BCUT2D eigenvalue weighted by Gasteiger charge is 2.20. The first-order valence-corrected chi connectivity index (χ1v) is 8.77. The van der Waals surface area contributed by atoms with Crippen molar-refractivity contribution in [3.05, 3.63) is 41.8 Å². The van der Waals surface area contributed by atoms with E-state index in [9.17, 15) is 14.3 Å². The Morgan fingerprint density at radius 3 is 2.42 bits per heavy atom. The van der Waals surface area contributed by atoms with Crippen LogP contribution in [0.25, 0.3) is 22.4 Å². The summed E-state index contributed by atoms with van der Waals surface area (Å²) in [5.74, 6) is -0.650. The maximum Gasteiger partial charge on any atom is 0.352 e. The molecule has 0 amide bonds. The zero-order valence-electron chi connectivity index (χ0n) is 14.2. The summed E-state index contributed by atoms with van der Waals surface area (Å²) in [6.07, 6.45) is 4.52. The molecule has 0 spiro atoms. The number of anilines is 1. The standard InChI is InChI=1S/C19H19FN4O2/c20-13-7-5-12(6-8-13)16-18(24-9-3-1-2-4-10-24)23-17-14(21-16)11-15(22-17)19(25)26/h5-8,11H,1-4,9-10H2,(H,22,23)(H,25,26). The highest BCUT2D eigenvalue weighted by atomic mass is 19.1. The third-order valence-electron chi connectivity index (χ3n) is 4.69. The Bertz CT molecular complexity index is 944. The summed E-state index contributed by atoms with van der Waals surface area (Å²) in [7, 11) is 0. The first-order valence-electron chi connectivity index (χ1n) is 8.77. The van der Waals surface area contributed by atoms with Crippen LogP contribution in [0.5, 0.6) is 0 Å². The number of aromatic carboxylic acids is 1. The van der Waals surface area contributed by atoms with E-state index < -0.39 is 5.97 Å². The van der Waals surface area contributed by atoms with E-state index in [1.807, 2.05) is 0 Å². The Morgan fingerprint density at radius 2 is 1.77 bits per heavy atom. The number of carboxylic acids is 1. The summed E-state index contributed by atoms with van der Waals surface area (Å²) in [6.45, 7) is 1.75. The largest absolute Gasteiger partial charge is 0.477 e. The van der Waals surface area contributed by atoms with Crippen LogP contribution < -0.4 is 4.90 Å². The second kappa shape index (κ2) is 6.74. The number of fused-ring (bicyclic) bond motifs is 1. The van der Waals surface area contributed by atoms with Gasteiger partial charge in [-0.2, -0.15) is 0 Å². The summed E-state index contributed by atoms with van der Waals surface area (Å²) >= 11 is 0. The van der Waals surface area contributed by atoms with Crippen LogP contribution in [0.1, 0.15) is 36.2 Å². The van der Waals surface area contributed by atoms with Crippen molar-refractivity contribution < 1.29 is 14.3 Å². The number of hydrogen-bond donors (Lipinski definition) is 2. The van der Waals surface area contributed by atoms with Crippen molar-refractivity contribution in [1.29, 1.82) is 0 Å². The molecular weight excluding hydrogens is 335 g/mol. The summed E-state index contributed by atoms with van der Waals surface area (Å²) in [5, 5.41) is 9.22. The molecule has 7 heteroatoms. The first kappa shape index (κ1) is 16.5. The molecule has 3 heterocycles. The van der Waals surface area contributed by atoms with Gasteiger partial charge in [0.2, 0.25) is 0 Å². The van der Waals surface area contributed by atoms with Crippen LogP contribution >= 0.6 is 0 Å². The van der Waals surface area contributed by atoms with Gasteiger partial charge in [-0.1, -0.05) is 12.8 Å². The number of halogens is 1. The van der Waals surface area contributed by atoms with Gasteiger partial charge in [0.1, 0.15) is 22.7 Å². The lowest BCUT2D eigenvalue weighted by atomic mass is 10.1. The average molecular weight is 354 g/mol. The molecule has 0 aliphatic carbocycles. The van der Waals surface area contributed by atoms with Gasteiger partial charge in [0.15, 0.2) is 11.5 Å². The molecule has 26 heavy (non-hydrogen) atoms. The molecule has 3 aromatic rings. The predicted molar refractivity (Wildman–Crippen MR) is 96.9 cm³/mol. The molecular formula is C19H19FN4O2. The zero-order valence-corrected chi connectivity index (χ0v) is 14.2. The SMILES string of the molecule is O=C(O)c1cc2nc(-c3ccc(F)cc3)c(N3CCCCCC3)nc2[nH]1. The third kappa shape index (κ3) is 3.12. The van der Waals surface area contributed by atoms with E-state index in [-0.39, 0.29) is 11.5 Å². The number of nitrogens with one attached hydrogen (secondary N) is 1. The number of H-pyrrole nitrogens is 1. The molecule has 1 saturated heterocycles. The second-order valence-corrected chi connectivity index (χ2v) is 6.53. The molecule has 1 aromatic carbocycles. The minimum absolute atomic E-state index is 0.0538. The van der Waals surface area contributed by atoms with Crippen molar-refractivity contribution in [3.63, 3.8) is 0 Å². The molecule has 134 valence electrons. The van der Waals surface area contributed by atoms with E-state index in [1.165, 1.54) is 31.0 Å². The molecule has 0 bridgehead atoms. The molecule has 0 atom stereocenters. The van der Waals surface area contributed by atoms with Gasteiger partial charge in [-0.15, -0.1) is 0 Å². The van der Waals surface area contributed by atoms with Crippen molar-refractivity contribution in [3.8, 4) is 11.3 Å². The average Bonchev–Trinajstić information content (AvgIpc) is 2.87. The van der Waals surface area contributed by atoms with E-state index >= 15 is 0 Å². The lowest BCUT2D eigenvalue weighted by Crippen LogP contribution is -2.26. The smallest absolute Gasteiger partial charge is 0.352 e. The molecule has 6 nitrogen and oxygen atoms in total. The third-order valence-corrected chi connectivity index (χ3v) is 4.69. The van der Waals surface area contributed by atoms with Crippen LogP contribution in [-0.2, 0) is 0 Å². The van der Waals surface area contributed by atoms with Crippen molar-refractivity contribution in [2.45, 2.75) is 25.7 Å². The summed E-state index contributed by atoms with van der Waals surface area (Å²) in [5.41, 5.74) is 2.40.